The van der Waals surface area contributed by atoms with E-state index in [0.717, 1.165) is 19.3 Å². The number of likely N-dealkylation sites (N-methyl/N-ethyl adjacent to an activating group) is 1. The Kier molecular flexibility index (Phi) is 6.39. The lowest BCUT2D eigenvalue weighted by Gasteiger charge is -2.19. The zero-order valence-corrected chi connectivity index (χ0v) is 17.3. The molecule has 1 aromatic heterocycles. The molecule has 1 aromatic carbocycles. The number of benzene rings is 1. The van der Waals surface area contributed by atoms with E-state index in [0.29, 0.717) is 16.1 Å². The molecule has 1 heterocycles. The number of thioether (sulfide) groups is 1. The van der Waals surface area contributed by atoms with Crippen molar-refractivity contribution in [3.8, 4) is 0 Å². The molecule has 1 aliphatic carbocycles. The number of aromatic nitrogens is 2. The number of nitrogens with zero attached hydrogens (tertiary/aromatic N) is 3. The Morgan fingerprint density at radius 2 is 2.07 bits per heavy atom. The monoisotopic (exact) mass is 402 g/mol. The number of rotatable bonds is 8. The molecule has 0 radical (unpaired) electrons. The Morgan fingerprint density at radius 3 is 2.75 bits per heavy atom. The topological polar surface area (TPSA) is 84.3 Å². The molecule has 0 spiro atoms. The molecule has 150 valence electrons. The van der Waals surface area contributed by atoms with Gasteiger partial charge in [-0.15, -0.1) is 0 Å². The SMILES string of the molecule is CC[C@@H](C)n1c(SCC(=O)N(C)CC(=O)NC2CC2)nc2ccccc2c1=O. The van der Waals surface area contributed by atoms with Gasteiger partial charge in [-0.3, -0.25) is 19.0 Å². The minimum absolute atomic E-state index is 0.0238. The predicted octanol–water partition coefficient (Wildman–Crippen LogP) is 2.20. The van der Waals surface area contributed by atoms with E-state index < -0.39 is 0 Å². The number of amides is 2. The molecule has 1 aliphatic rings. The maximum absolute atomic E-state index is 12.9. The minimum atomic E-state index is -0.172. The van der Waals surface area contributed by atoms with Crippen LogP contribution in [0.25, 0.3) is 10.9 Å². The highest BCUT2D eigenvalue weighted by Gasteiger charge is 2.24. The Morgan fingerprint density at radius 1 is 1.36 bits per heavy atom. The summed E-state index contributed by atoms with van der Waals surface area (Å²) in [5.41, 5.74) is 0.534. The number of hydrogen-bond donors (Lipinski definition) is 1. The van der Waals surface area contributed by atoms with Crippen LogP contribution in [-0.2, 0) is 9.59 Å². The summed E-state index contributed by atoms with van der Waals surface area (Å²) in [5.74, 6) is -0.188. The average Bonchev–Trinajstić information content (AvgIpc) is 3.49. The van der Waals surface area contributed by atoms with Crippen molar-refractivity contribution in [1.82, 2.24) is 19.8 Å². The van der Waals surface area contributed by atoms with E-state index >= 15 is 0 Å². The molecule has 1 N–H and O–H groups in total. The molecule has 2 amide bonds. The highest BCUT2D eigenvalue weighted by Crippen LogP contribution is 2.22. The molecule has 1 atom stereocenters. The lowest BCUT2D eigenvalue weighted by Crippen LogP contribution is -2.40. The Labute approximate surface area is 168 Å². The van der Waals surface area contributed by atoms with Gasteiger partial charge in [0.25, 0.3) is 5.56 Å². The van der Waals surface area contributed by atoms with Gasteiger partial charge in [-0.2, -0.15) is 0 Å². The van der Waals surface area contributed by atoms with Crippen molar-refractivity contribution < 1.29 is 9.59 Å². The molecule has 1 fully saturated rings. The summed E-state index contributed by atoms with van der Waals surface area (Å²) in [6.45, 7) is 4.02. The third-order valence-electron chi connectivity index (χ3n) is 4.88. The molecule has 7 nitrogen and oxygen atoms in total. The molecular formula is C20H26N4O3S. The summed E-state index contributed by atoms with van der Waals surface area (Å²) in [6.07, 6.45) is 2.81. The summed E-state index contributed by atoms with van der Waals surface area (Å²) in [5, 5.41) is 3.98. The van der Waals surface area contributed by atoms with E-state index in [1.54, 1.807) is 23.7 Å². The quantitative estimate of drug-likeness (QED) is 0.541. The second-order valence-electron chi connectivity index (χ2n) is 7.22. The number of fused-ring (bicyclic) bond motifs is 1. The van der Waals surface area contributed by atoms with Gasteiger partial charge in [-0.1, -0.05) is 30.8 Å². The van der Waals surface area contributed by atoms with Gasteiger partial charge < -0.3 is 10.2 Å². The van der Waals surface area contributed by atoms with E-state index in [-0.39, 0.29) is 41.8 Å². The zero-order chi connectivity index (χ0) is 20.3. The minimum Gasteiger partial charge on any atom is -0.352 e. The third-order valence-corrected chi connectivity index (χ3v) is 5.82. The first-order valence-corrected chi connectivity index (χ1v) is 10.6. The molecule has 2 aromatic rings. The lowest BCUT2D eigenvalue weighted by atomic mass is 10.2. The van der Waals surface area contributed by atoms with Gasteiger partial charge in [-0.05, 0) is 38.3 Å². The normalized spacial score (nSPS) is 14.7. The Hall–Kier alpha value is -2.35. The van der Waals surface area contributed by atoms with Crippen molar-refractivity contribution in [3.05, 3.63) is 34.6 Å². The second-order valence-corrected chi connectivity index (χ2v) is 8.17. The molecule has 3 rings (SSSR count). The smallest absolute Gasteiger partial charge is 0.262 e. The van der Waals surface area contributed by atoms with Crippen molar-refractivity contribution in [2.45, 2.75) is 50.4 Å². The third kappa shape index (κ3) is 4.73. The van der Waals surface area contributed by atoms with Crippen molar-refractivity contribution >= 4 is 34.5 Å². The molecule has 1 saturated carbocycles. The van der Waals surface area contributed by atoms with Crippen LogP contribution in [0.3, 0.4) is 0 Å². The van der Waals surface area contributed by atoms with Crippen LogP contribution in [0, 0.1) is 0 Å². The van der Waals surface area contributed by atoms with E-state index in [2.05, 4.69) is 10.3 Å². The molecular weight excluding hydrogens is 376 g/mol. The van der Waals surface area contributed by atoms with Crippen LogP contribution in [0.15, 0.2) is 34.2 Å². The van der Waals surface area contributed by atoms with Crippen LogP contribution in [-0.4, -0.2) is 51.7 Å². The number of carbonyl (C=O) groups is 2. The van der Waals surface area contributed by atoms with Gasteiger partial charge in [-0.25, -0.2) is 4.98 Å². The predicted molar refractivity (Wildman–Crippen MR) is 111 cm³/mol. The van der Waals surface area contributed by atoms with Crippen LogP contribution in [0.1, 0.15) is 39.2 Å². The van der Waals surface area contributed by atoms with Crippen molar-refractivity contribution in [2.24, 2.45) is 0 Å². The van der Waals surface area contributed by atoms with Gasteiger partial charge in [0, 0.05) is 19.1 Å². The van der Waals surface area contributed by atoms with E-state index in [1.165, 1.54) is 16.7 Å². The largest absolute Gasteiger partial charge is 0.352 e. The summed E-state index contributed by atoms with van der Waals surface area (Å²) in [4.78, 5) is 43.3. The highest BCUT2D eigenvalue weighted by atomic mass is 32.2. The molecule has 0 unspecified atom stereocenters. The number of carbonyl (C=O) groups excluding carboxylic acids is 2. The van der Waals surface area contributed by atoms with Gasteiger partial charge >= 0.3 is 0 Å². The number of nitrogens with one attached hydrogen (secondary N) is 1. The lowest BCUT2D eigenvalue weighted by molar-refractivity contribution is -0.132. The first-order chi connectivity index (χ1) is 13.4. The highest BCUT2D eigenvalue weighted by molar-refractivity contribution is 7.99. The Bertz CT molecular complexity index is 939. The van der Waals surface area contributed by atoms with Gasteiger partial charge in [0.05, 0.1) is 23.2 Å². The standard InChI is InChI=1S/C20H26N4O3S/c1-4-13(2)24-19(27)15-7-5-6-8-16(15)22-20(24)28-12-18(26)23(3)11-17(25)21-14-9-10-14/h5-8,13-14H,4,9-12H2,1-3H3,(H,21,25)/t13-/m1/s1. The van der Waals surface area contributed by atoms with E-state index in [9.17, 15) is 14.4 Å². The maximum atomic E-state index is 12.9. The van der Waals surface area contributed by atoms with Crippen LogP contribution >= 0.6 is 11.8 Å². The van der Waals surface area contributed by atoms with Crippen molar-refractivity contribution in [1.29, 1.82) is 0 Å². The summed E-state index contributed by atoms with van der Waals surface area (Å²) in [6, 6.07) is 7.49. The molecule has 28 heavy (non-hydrogen) atoms. The molecule has 0 bridgehead atoms. The fourth-order valence-corrected chi connectivity index (χ4v) is 3.88. The van der Waals surface area contributed by atoms with E-state index in [1.807, 2.05) is 26.0 Å². The van der Waals surface area contributed by atoms with Crippen LogP contribution in [0.2, 0.25) is 0 Å². The number of hydrogen-bond acceptors (Lipinski definition) is 5. The second kappa shape index (κ2) is 8.77. The van der Waals surface area contributed by atoms with E-state index in [4.69, 9.17) is 0 Å². The molecule has 0 aliphatic heterocycles. The molecule has 8 heteroatoms. The maximum Gasteiger partial charge on any atom is 0.262 e. The fraction of sp³-hybridized carbons (Fsp3) is 0.500. The van der Waals surface area contributed by atoms with Gasteiger partial charge in [0.15, 0.2) is 5.16 Å². The summed E-state index contributed by atoms with van der Waals surface area (Å²) < 4.78 is 1.67. The van der Waals surface area contributed by atoms with Crippen molar-refractivity contribution in [2.75, 3.05) is 19.3 Å². The van der Waals surface area contributed by atoms with Crippen LogP contribution < -0.4 is 10.9 Å². The van der Waals surface area contributed by atoms with Gasteiger partial charge in [0.1, 0.15) is 0 Å². The summed E-state index contributed by atoms with van der Waals surface area (Å²) >= 11 is 1.24. The number of para-hydroxylation sites is 1. The van der Waals surface area contributed by atoms with Crippen LogP contribution in [0.5, 0.6) is 0 Å². The average molecular weight is 403 g/mol. The first-order valence-electron chi connectivity index (χ1n) is 9.58. The first kappa shape index (κ1) is 20.4. The fourth-order valence-electron chi connectivity index (χ4n) is 2.84. The Balaban J connectivity index is 1.74. The van der Waals surface area contributed by atoms with Gasteiger partial charge in [0.2, 0.25) is 11.8 Å². The summed E-state index contributed by atoms with van der Waals surface area (Å²) in [7, 11) is 1.62. The molecule has 0 saturated heterocycles. The van der Waals surface area contributed by atoms with Crippen molar-refractivity contribution in [3.63, 3.8) is 0 Å². The van der Waals surface area contributed by atoms with Crippen LogP contribution in [0.4, 0.5) is 0 Å². The zero-order valence-electron chi connectivity index (χ0n) is 16.5.